The van der Waals surface area contributed by atoms with Gasteiger partial charge in [-0.05, 0) is 49.9 Å². The Morgan fingerprint density at radius 1 is 1.08 bits per heavy atom. The van der Waals surface area contributed by atoms with Crippen LogP contribution in [0.2, 0.25) is 0 Å². The predicted octanol–water partition coefficient (Wildman–Crippen LogP) is 1.04. The molecule has 0 aliphatic carbocycles. The van der Waals surface area contributed by atoms with E-state index in [1.807, 2.05) is 0 Å². The summed E-state index contributed by atoms with van der Waals surface area (Å²) in [4.78, 5) is 24.4. The summed E-state index contributed by atoms with van der Waals surface area (Å²) in [6.45, 7) is 1.80. The van der Waals surface area contributed by atoms with Crippen LogP contribution in [0.4, 0.5) is 5.69 Å². The monoisotopic (exact) mass is 347 g/mol. The van der Waals surface area contributed by atoms with E-state index in [9.17, 15) is 9.59 Å². The normalized spacial score (nSPS) is 24.0. The molecule has 1 aromatic rings. The number of amides is 2. The molecular formula is C18H25N3O4. The summed E-state index contributed by atoms with van der Waals surface area (Å²) in [7, 11) is 0. The molecule has 7 heteroatoms. The van der Waals surface area contributed by atoms with Crippen LogP contribution in [0, 0.1) is 0 Å². The van der Waals surface area contributed by atoms with Crippen molar-refractivity contribution in [3.8, 4) is 0 Å². The van der Waals surface area contributed by atoms with E-state index in [0.717, 1.165) is 19.3 Å². The molecule has 25 heavy (non-hydrogen) atoms. The molecule has 0 unspecified atom stereocenters. The lowest BCUT2D eigenvalue weighted by molar-refractivity contribution is -0.126. The maximum atomic E-state index is 12.3. The van der Waals surface area contributed by atoms with Gasteiger partial charge in [-0.2, -0.15) is 0 Å². The highest BCUT2D eigenvalue weighted by atomic mass is 16.5. The Kier molecular flexibility index (Phi) is 6.01. The smallest absolute Gasteiger partial charge is 0.253 e. The zero-order valence-corrected chi connectivity index (χ0v) is 14.2. The van der Waals surface area contributed by atoms with E-state index in [2.05, 4.69) is 10.6 Å². The Morgan fingerprint density at radius 2 is 1.80 bits per heavy atom. The molecule has 1 aromatic carbocycles. The summed E-state index contributed by atoms with van der Waals surface area (Å²) in [6, 6.07) is 7.04. The number of hydrogen-bond acceptors (Lipinski definition) is 5. The summed E-state index contributed by atoms with van der Waals surface area (Å²) in [5, 5.41) is 5.84. The van der Waals surface area contributed by atoms with Gasteiger partial charge in [0, 0.05) is 37.1 Å². The lowest BCUT2D eigenvalue weighted by Gasteiger charge is -2.23. The van der Waals surface area contributed by atoms with Crippen molar-refractivity contribution in [2.24, 2.45) is 5.73 Å². The third kappa shape index (κ3) is 4.78. The Bertz CT molecular complexity index is 599. The van der Waals surface area contributed by atoms with E-state index < -0.39 is 6.10 Å². The number of rotatable bonds is 5. The molecule has 2 amide bonds. The zero-order valence-electron chi connectivity index (χ0n) is 14.2. The van der Waals surface area contributed by atoms with Crippen LogP contribution < -0.4 is 16.4 Å². The summed E-state index contributed by atoms with van der Waals surface area (Å²) in [5.74, 6) is -0.273. The number of hydrogen-bond donors (Lipinski definition) is 3. The van der Waals surface area contributed by atoms with E-state index in [0.29, 0.717) is 37.4 Å². The number of nitrogens with one attached hydrogen (secondary N) is 2. The van der Waals surface area contributed by atoms with Crippen LogP contribution in [0.3, 0.4) is 0 Å². The number of nitrogens with two attached hydrogens (primary N) is 1. The van der Waals surface area contributed by atoms with Gasteiger partial charge in [-0.1, -0.05) is 0 Å². The largest absolute Gasteiger partial charge is 0.381 e. The van der Waals surface area contributed by atoms with Crippen LogP contribution in [-0.2, 0) is 14.3 Å². The fourth-order valence-electron chi connectivity index (χ4n) is 3.11. The lowest BCUT2D eigenvalue weighted by Crippen LogP contribution is -2.38. The number of anilines is 1. The molecule has 2 heterocycles. The van der Waals surface area contributed by atoms with Crippen LogP contribution in [0.1, 0.15) is 36.0 Å². The summed E-state index contributed by atoms with van der Waals surface area (Å²) in [6.07, 6.45) is 2.67. The van der Waals surface area contributed by atoms with Gasteiger partial charge in [-0.15, -0.1) is 0 Å². The molecule has 2 atom stereocenters. The highest BCUT2D eigenvalue weighted by Crippen LogP contribution is 2.20. The van der Waals surface area contributed by atoms with Crippen molar-refractivity contribution in [1.29, 1.82) is 0 Å². The Labute approximate surface area is 147 Å². The first kappa shape index (κ1) is 17.8. The first-order valence-electron chi connectivity index (χ1n) is 8.81. The molecule has 3 rings (SSSR count). The van der Waals surface area contributed by atoms with E-state index in [1.165, 1.54) is 0 Å². The zero-order chi connectivity index (χ0) is 17.6. The molecule has 0 radical (unpaired) electrons. The molecule has 0 aromatic heterocycles. The maximum absolute atomic E-state index is 12.3. The number of benzene rings is 1. The summed E-state index contributed by atoms with van der Waals surface area (Å²) in [5.41, 5.74) is 6.78. The van der Waals surface area contributed by atoms with Crippen LogP contribution in [-0.4, -0.2) is 49.8 Å². The van der Waals surface area contributed by atoms with Crippen molar-refractivity contribution in [3.05, 3.63) is 29.8 Å². The SMILES string of the molecule is NC[C@H]1CC[C@@H](C(=O)Nc2ccc(C(=O)NC3CCOCC3)cc2)O1. The van der Waals surface area contributed by atoms with E-state index in [-0.39, 0.29) is 24.0 Å². The van der Waals surface area contributed by atoms with Crippen LogP contribution in [0.25, 0.3) is 0 Å². The highest BCUT2D eigenvalue weighted by Gasteiger charge is 2.29. The van der Waals surface area contributed by atoms with E-state index >= 15 is 0 Å². The number of carbonyl (C=O) groups excluding carboxylic acids is 2. The van der Waals surface area contributed by atoms with Crippen LogP contribution in [0.5, 0.6) is 0 Å². The molecule has 2 fully saturated rings. The van der Waals surface area contributed by atoms with E-state index in [4.69, 9.17) is 15.2 Å². The average Bonchev–Trinajstić information content (AvgIpc) is 3.12. The molecule has 0 bridgehead atoms. The minimum absolute atomic E-state index is 0.0352. The van der Waals surface area contributed by atoms with Gasteiger partial charge in [0.2, 0.25) is 0 Å². The van der Waals surface area contributed by atoms with Crippen molar-refractivity contribution in [1.82, 2.24) is 5.32 Å². The van der Waals surface area contributed by atoms with Crippen LogP contribution >= 0.6 is 0 Å². The van der Waals surface area contributed by atoms with E-state index in [1.54, 1.807) is 24.3 Å². The Morgan fingerprint density at radius 3 is 2.44 bits per heavy atom. The van der Waals surface area contributed by atoms with Gasteiger partial charge in [-0.25, -0.2) is 0 Å². The van der Waals surface area contributed by atoms with Crippen molar-refractivity contribution < 1.29 is 19.1 Å². The van der Waals surface area contributed by atoms with Crippen LogP contribution in [0.15, 0.2) is 24.3 Å². The third-order valence-corrected chi connectivity index (χ3v) is 4.63. The fourth-order valence-corrected chi connectivity index (χ4v) is 3.11. The number of ether oxygens (including phenoxy) is 2. The minimum Gasteiger partial charge on any atom is -0.381 e. The first-order chi connectivity index (χ1) is 12.2. The second-order valence-corrected chi connectivity index (χ2v) is 6.49. The average molecular weight is 347 g/mol. The van der Waals surface area contributed by atoms with Gasteiger partial charge >= 0.3 is 0 Å². The third-order valence-electron chi connectivity index (χ3n) is 4.63. The highest BCUT2D eigenvalue weighted by molar-refractivity contribution is 5.97. The van der Waals surface area contributed by atoms with Gasteiger partial charge < -0.3 is 25.8 Å². The maximum Gasteiger partial charge on any atom is 0.253 e. The van der Waals surface area contributed by atoms with Gasteiger partial charge in [0.05, 0.1) is 6.10 Å². The van der Waals surface area contributed by atoms with Crippen molar-refractivity contribution in [2.45, 2.75) is 43.9 Å². The second kappa shape index (κ2) is 8.42. The van der Waals surface area contributed by atoms with Gasteiger partial charge in [0.1, 0.15) is 6.10 Å². The fraction of sp³-hybridized carbons (Fsp3) is 0.556. The molecule has 7 nitrogen and oxygen atoms in total. The molecule has 2 saturated heterocycles. The van der Waals surface area contributed by atoms with Crippen molar-refractivity contribution in [2.75, 3.05) is 25.1 Å². The molecule has 136 valence electrons. The van der Waals surface area contributed by atoms with Crippen molar-refractivity contribution >= 4 is 17.5 Å². The second-order valence-electron chi connectivity index (χ2n) is 6.49. The molecular weight excluding hydrogens is 322 g/mol. The number of carbonyl (C=O) groups is 2. The Balaban J connectivity index is 1.51. The van der Waals surface area contributed by atoms with Gasteiger partial charge in [0.15, 0.2) is 0 Å². The molecule has 2 aliphatic rings. The molecule has 4 N–H and O–H groups in total. The van der Waals surface area contributed by atoms with Gasteiger partial charge in [-0.3, -0.25) is 9.59 Å². The first-order valence-corrected chi connectivity index (χ1v) is 8.81. The Hall–Kier alpha value is -1.96. The molecule has 0 spiro atoms. The standard InChI is InChI=1S/C18H25N3O4/c19-11-15-5-6-16(25-15)18(23)21-13-3-1-12(2-4-13)17(22)20-14-7-9-24-10-8-14/h1-4,14-16H,5-11,19H2,(H,20,22)(H,21,23)/t15-,16+/m1/s1. The predicted molar refractivity (Wildman–Crippen MR) is 93.3 cm³/mol. The van der Waals surface area contributed by atoms with Gasteiger partial charge in [0.25, 0.3) is 11.8 Å². The quantitative estimate of drug-likeness (QED) is 0.738. The minimum atomic E-state index is -0.454. The topological polar surface area (TPSA) is 103 Å². The molecule has 2 aliphatic heterocycles. The summed E-state index contributed by atoms with van der Waals surface area (Å²) >= 11 is 0. The summed E-state index contributed by atoms with van der Waals surface area (Å²) < 4.78 is 10.9. The molecule has 0 saturated carbocycles. The van der Waals surface area contributed by atoms with Crippen molar-refractivity contribution in [3.63, 3.8) is 0 Å². The lowest BCUT2D eigenvalue weighted by atomic mass is 10.1.